The maximum atomic E-state index is 12.0. The van der Waals surface area contributed by atoms with Crippen LogP contribution in [0, 0.1) is 0 Å². The van der Waals surface area contributed by atoms with E-state index in [-0.39, 0.29) is 19.6 Å². The average molecular weight is 473 g/mol. The van der Waals surface area contributed by atoms with Gasteiger partial charge in [0, 0.05) is 13.6 Å². The summed E-state index contributed by atoms with van der Waals surface area (Å²) in [7, 11) is -2.62. The fraction of sp³-hybridized carbons (Fsp3) is 0.550. The smallest absolute Gasteiger partial charge is 0.422 e. The predicted octanol–water partition coefficient (Wildman–Crippen LogP) is 1.56. The maximum Gasteiger partial charge on any atom is 0.422 e. The second-order valence-electron chi connectivity index (χ2n) is 7.87. The molecule has 1 aromatic rings. The summed E-state index contributed by atoms with van der Waals surface area (Å²) in [6.45, 7) is 4.93. The molecular formula is C20H32N4O7S. The van der Waals surface area contributed by atoms with Gasteiger partial charge in [-0.05, 0) is 45.6 Å². The number of likely N-dealkylation sites (N-methyl/N-ethyl adjacent to an activating group) is 1. The summed E-state index contributed by atoms with van der Waals surface area (Å²) < 4.78 is 37.7. The Hall–Kier alpha value is -2.86. The monoisotopic (exact) mass is 472 g/mol. The number of ether oxygens (including phenoxy) is 2. The zero-order chi connectivity index (χ0) is 24.2. The molecule has 0 saturated carbocycles. The third kappa shape index (κ3) is 12.1. The maximum absolute atomic E-state index is 12.0. The number of unbranched alkanes of at least 4 members (excludes halogenated alkanes) is 1. The number of alkyl carbamates (subject to hydrolysis) is 1. The first kappa shape index (κ1) is 27.2. The van der Waals surface area contributed by atoms with Crippen LogP contribution in [0.15, 0.2) is 30.3 Å². The van der Waals surface area contributed by atoms with Crippen molar-refractivity contribution >= 4 is 28.3 Å². The van der Waals surface area contributed by atoms with E-state index in [4.69, 9.17) is 9.47 Å². The number of rotatable bonds is 11. The van der Waals surface area contributed by atoms with Crippen LogP contribution in [0.2, 0.25) is 0 Å². The lowest BCUT2D eigenvalue weighted by atomic mass is 10.1. The van der Waals surface area contributed by atoms with E-state index in [1.54, 1.807) is 25.5 Å². The molecule has 1 aromatic carbocycles. The SMILES string of the molecule is CNC(=O)[C@H](CCCCNS(=O)(=O)NC(=O)OC(C)(C)C)NC(=O)OCc1ccccc1. The molecule has 0 bridgehead atoms. The van der Waals surface area contributed by atoms with Crippen LogP contribution in [0.25, 0.3) is 0 Å². The first-order chi connectivity index (χ1) is 14.9. The van der Waals surface area contributed by atoms with Gasteiger partial charge in [0.15, 0.2) is 0 Å². The number of carbonyl (C=O) groups is 3. The molecule has 1 rings (SSSR count). The molecule has 0 unspecified atom stereocenters. The van der Waals surface area contributed by atoms with Crippen molar-refractivity contribution in [2.75, 3.05) is 13.6 Å². The van der Waals surface area contributed by atoms with Gasteiger partial charge >= 0.3 is 22.4 Å². The van der Waals surface area contributed by atoms with Crippen molar-refractivity contribution in [3.63, 3.8) is 0 Å². The standard InChI is InChI=1S/C20H32N4O7S/c1-20(2,3)31-19(27)24-32(28,29)22-13-9-8-12-16(17(25)21-4)23-18(26)30-14-15-10-6-5-7-11-15/h5-7,10-11,16,22H,8-9,12-14H2,1-4H3,(H,21,25)(H,23,26)(H,24,27)/t16-/m0/s1. The third-order valence-corrected chi connectivity index (χ3v) is 4.92. The van der Waals surface area contributed by atoms with Gasteiger partial charge in [-0.25, -0.2) is 14.3 Å². The van der Waals surface area contributed by atoms with Crippen LogP contribution in [-0.2, 0) is 31.1 Å². The van der Waals surface area contributed by atoms with Gasteiger partial charge in [-0.2, -0.15) is 13.1 Å². The zero-order valence-electron chi connectivity index (χ0n) is 18.8. The first-order valence-corrected chi connectivity index (χ1v) is 11.6. The van der Waals surface area contributed by atoms with E-state index in [1.165, 1.54) is 7.05 Å². The summed E-state index contributed by atoms with van der Waals surface area (Å²) in [5.74, 6) is -0.395. The van der Waals surface area contributed by atoms with Gasteiger partial charge in [0.25, 0.3) is 0 Å². The Morgan fingerprint density at radius 1 is 1.03 bits per heavy atom. The fourth-order valence-corrected chi connectivity index (χ4v) is 3.22. The number of carbonyl (C=O) groups excluding carboxylic acids is 3. The highest BCUT2D eigenvalue weighted by atomic mass is 32.2. The molecule has 0 aromatic heterocycles. The Morgan fingerprint density at radius 3 is 2.28 bits per heavy atom. The third-order valence-electron chi connectivity index (χ3n) is 3.90. The molecule has 11 nitrogen and oxygen atoms in total. The Labute approximate surface area is 188 Å². The fourth-order valence-electron chi connectivity index (χ4n) is 2.47. The Kier molecular flexibility index (Phi) is 10.9. The summed E-state index contributed by atoms with van der Waals surface area (Å²) in [4.78, 5) is 35.6. The molecule has 0 aliphatic carbocycles. The summed E-state index contributed by atoms with van der Waals surface area (Å²) in [6, 6.07) is 8.27. The van der Waals surface area contributed by atoms with E-state index in [0.29, 0.717) is 12.8 Å². The van der Waals surface area contributed by atoms with E-state index < -0.39 is 39.9 Å². The minimum Gasteiger partial charge on any atom is -0.445 e. The number of benzene rings is 1. The van der Waals surface area contributed by atoms with Crippen molar-refractivity contribution < 1.29 is 32.3 Å². The molecule has 0 saturated heterocycles. The van der Waals surface area contributed by atoms with Crippen molar-refractivity contribution in [2.45, 2.75) is 58.3 Å². The number of amides is 3. The van der Waals surface area contributed by atoms with E-state index >= 15 is 0 Å². The molecule has 0 spiro atoms. The van der Waals surface area contributed by atoms with Crippen LogP contribution >= 0.6 is 0 Å². The van der Waals surface area contributed by atoms with Gasteiger partial charge < -0.3 is 20.1 Å². The summed E-state index contributed by atoms with van der Waals surface area (Å²) in [5.41, 5.74) is -0.0182. The Morgan fingerprint density at radius 2 is 1.69 bits per heavy atom. The summed E-state index contributed by atoms with van der Waals surface area (Å²) in [6.07, 6.45) is -0.760. The second kappa shape index (κ2) is 12.9. The van der Waals surface area contributed by atoms with Crippen molar-refractivity contribution in [1.29, 1.82) is 0 Å². The Bertz CT molecular complexity index is 854. The van der Waals surface area contributed by atoms with Crippen molar-refractivity contribution in [3.05, 3.63) is 35.9 Å². The van der Waals surface area contributed by atoms with E-state index in [9.17, 15) is 22.8 Å². The van der Waals surface area contributed by atoms with E-state index in [2.05, 4.69) is 15.4 Å². The highest BCUT2D eigenvalue weighted by Gasteiger charge is 2.22. The van der Waals surface area contributed by atoms with E-state index in [1.807, 2.05) is 30.3 Å². The van der Waals surface area contributed by atoms with Crippen LogP contribution in [0.4, 0.5) is 9.59 Å². The topological polar surface area (TPSA) is 152 Å². The lowest BCUT2D eigenvalue weighted by Crippen LogP contribution is -2.46. The molecule has 0 heterocycles. The normalized spacial score (nSPS) is 12.4. The molecule has 0 radical (unpaired) electrons. The lowest BCUT2D eigenvalue weighted by molar-refractivity contribution is -0.122. The molecule has 1 atom stereocenters. The minimum atomic E-state index is -4.07. The quantitative estimate of drug-likeness (QED) is 0.357. The van der Waals surface area contributed by atoms with Crippen LogP contribution < -0.4 is 20.1 Å². The molecule has 4 N–H and O–H groups in total. The molecule has 3 amide bonds. The van der Waals surface area contributed by atoms with Crippen LogP contribution in [0.5, 0.6) is 0 Å². The highest BCUT2D eigenvalue weighted by molar-refractivity contribution is 7.88. The van der Waals surface area contributed by atoms with Crippen molar-refractivity contribution in [2.24, 2.45) is 0 Å². The Balaban J connectivity index is 2.39. The number of hydrogen-bond donors (Lipinski definition) is 4. The number of hydrogen-bond acceptors (Lipinski definition) is 7. The number of nitrogens with one attached hydrogen (secondary N) is 4. The molecular weight excluding hydrogens is 440 g/mol. The first-order valence-electron chi connectivity index (χ1n) is 10.1. The van der Waals surface area contributed by atoms with Gasteiger partial charge in [0.2, 0.25) is 5.91 Å². The second-order valence-corrected chi connectivity index (χ2v) is 9.37. The van der Waals surface area contributed by atoms with Crippen LogP contribution in [0.1, 0.15) is 45.6 Å². The van der Waals surface area contributed by atoms with Gasteiger partial charge in [0.05, 0.1) is 0 Å². The van der Waals surface area contributed by atoms with Crippen LogP contribution in [-0.4, -0.2) is 51.7 Å². The van der Waals surface area contributed by atoms with E-state index in [0.717, 1.165) is 5.56 Å². The average Bonchev–Trinajstić information content (AvgIpc) is 2.69. The van der Waals surface area contributed by atoms with Crippen molar-refractivity contribution in [1.82, 2.24) is 20.1 Å². The minimum absolute atomic E-state index is 0.0249. The summed E-state index contributed by atoms with van der Waals surface area (Å²) in [5, 5.41) is 4.97. The molecule has 12 heteroatoms. The molecule has 0 aliphatic heterocycles. The highest BCUT2D eigenvalue weighted by Crippen LogP contribution is 2.07. The molecule has 32 heavy (non-hydrogen) atoms. The lowest BCUT2D eigenvalue weighted by Gasteiger charge is -2.19. The van der Waals surface area contributed by atoms with Gasteiger partial charge in [-0.3, -0.25) is 4.79 Å². The zero-order valence-corrected chi connectivity index (χ0v) is 19.6. The molecule has 0 aliphatic rings. The van der Waals surface area contributed by atoms with Gasteiger partial charge in [0.1, 0.15) is 18.2 Å². The molecule has 0 fully saturated rings. The van der Waals surface area contributed by atoms with Crippen LogP contribution in [0.3, 0.4) is 0 Å². The largest absolute Gasteiger partial charge is 0.445 e. The van der Waals surface area contributed by atoms with Gasteiger partial charge in [-0.15, -0.1) is 0 Å². The predicted molar refractivity (Wildman–Crippen MR) is 118 cm³/mol. The summed E-state index contributed by atoms with van der Waals surface area (Å²) >= 11 is 0. The van der Waals surface area contributed by atoms with Gasteiger partial charge in [-0.1, -0.05) is 30.3 Å². The van der Waals surface area contributed by atoms with Crippen molar-refractivity contribution in [3.8, 4) is 0 Å². The molecule has 180 valence electrons.